The van der Waals surface area contributed by atoms with E-state index >= 15 is 0 Å². The predicted octanol–water partition coefficient (Wildman–Crippen LogP) is 4.66. The minimum Gasteiger partial charge on any atom is -0.205 e. The molecule has 2 rings (SSSR count). The van der Waals surface area contributed by atoms with Crippen LogP contribution in [0.3, 0.4) is 0 Å². The van der Waals surface area contributed by atoms with Crippen molar-refractivity contribution in [1.82, 2.24) is 0 Å². The molecule has 0 fully saturated rings. The molecule has 1 aromatic heterocycles. The fourth-order valence-electron chi connectivity index (χ4n) is 1.31. The number of benzene rings is 1. The lowest BCUT2D eigenvalue weighted by molar-refractivity contribution is 0.636. The van der Waals surface area contributed by atoms with Crippen LogP contribution in [0.4, 0.5) is 4.39 Å². The first-order chi connectivity index (χ1) is 6.76. The zero-order valence-electron chi connectivity index (χ0n) is 7.51. The zero-order chi connectivity index (χ0) is 10.1. The monoisotopic (exact) mass is 290 g/mol. The summed E-state index contributed by atoms with van der Waals surface area (Å²) in [5.41, 5.74) is 0. The van der Waals surface area contributed by atoms with Gasteiger partial charge in [-0.05, 0) is 24.5 Å². The molecule has 0 spiro atoms. The highest BCUT2D eigenvalue weighted by Crippen LogP contribution is 2.33. The van der Waals surface area contributed by atoms with Crippen LogP contribution in [0.25, 0.3) is 10.1 Å². The van der Waals surface area contributed by atoms with Crippen molar-refractivity contribution in [3.05, 3.63) is 28.9 Å². The highest BCUT2D eigenvalue weighted by Gasteiger charge is 2.10. The number of halogens is 2. The number of thiophene rings is 1. The lowest BCUT2D eigenvalue weighted by atomic mass is 10.2. The van der Waals surface area contributed by atoms with Gasteiger partial charge in [-0.2, -0.15) is 0 Å². The van der Waals surface area contributed by atoms with E-state index in [-0.39, 0.29) is 5.82 Å². The second-order valence-corrected chi connectivity index (χ2v) is 5.41. The molecule has 4 heteroatoms. The standard InChI is InChI=1S/C10H8BrFS2/c1-13-6-2-3-7-8(4-6)14-9(5-11)10(7)12/h2-4H,5H2,1H3. The van der Waals surface area contributed by atoms with E-state index in [0.29, 0.717) is 5.33 Å². The molecule has 0 N–H and O–H groups in total. The van der Waals surface area contributed by atoms with E-state index in [1.54, 1.807) is 11.8 Å². The number of hydrogen-bond donors (Lipinski definition) is 0. The molecule has 0 amide bonds. The first-order valence-corrected chi connectivity index (χ1v) is 7.23. The van der Waals surface area contributed by atoms with Crippen molar-refractivity contribution in [2.24, 2.45) is 0 Å². The van der Waals surface area contributed by atoms with Crippen molar-refractivity contribution in [3.8, 4) is 0 Å². The molecule has 0 aliphatic carbocycles. The summed E-state index contributed by atoms with van der Waals surface area (Å²) in [7, 11) is 0. The van der Waals surface area contributed by atoms with Crippen molar-refractivity contribution >= 4 is 49.1 Å². The van der Waals surface area contributed by atoms with Gasteiger partial charge in [0, 0.05) is 20.3 Å². The Morgan fingerprint density at radius 2 is 2.29 bits per heavy atom. The second-order valence-electron chi connectivity index (χ2n) is 2.83. The number of rotatable bonds is 2. The van der Waals surface area contributed by atoms with E-state index in [9.17, 15) is 4.39 Å². The Balaban J connectivity index is 2.66. The normalized spacial score (nSPS) is 11.1. The van der Waals surface area contributed by atoms with Gasteiger partial charge in [0.2, 0.25) is 0 Å². The van der Waals surface area contributed by atoms with Gasteiger partial charge in [-0.3, -0.25) is 0 Å². The van der Waals surface area contributed by atoms with Crippen LogP contribution in [0, 0.1) is 5.82 Å². The Bertz CT molecular complexity index is 464. The van der Waals surface area contributed by atoms with Crippen molar-refractivity contribution in [1.29, 1.82) is 0 Å². The largest absolute Gasteiger partial charge is 0.205 e. The van der Waals surface area contributed by atoms with Gasteiger partial charge in [-0.1, -0.05) is 15.9 Å². The molecule has 0 saturated carbocycles. The Hall–Kier alpha value is -0.0600. The second kappa shape index (κ2) is 4.21. The number of fused-ring (bicyclic) bond motifs is 1. The van der Waals surface area contributed by atoms with Gasteiger partial charge < -0.3 is 0 Å². The maximum atomic E-state index is 13.6. The first kappa shape index (κ1) is 10.5. The molecular formula is C10H8BrFS2. The molecule has 0 atom stereocenters. The predicted molar refractivity (Wildman–Crippen MR) is 66.2 cm³/mol. The summed E-state index contributed by atoms with van der Waals surface area (Å²) in [6.45, 7) is 0. The van der Waals surface area contributed by atoms with Gasteiger partial charge in [0.1, 0.15) is 5.82 Å². The van der Waals surface area contributed by atoms with Gasteiger partial charge >= 0.3 is 0 Å². The summed E-state index contributed by atoms with van der Waals surface area (Å²) in [6, 6.07) is 5.86. The number of alkyl halides is 1. The van der Waals surface area contributed by atoms with Gasteiger partial charge in [0.15, 0.2) is 0 Å². The third-order valence-electron chi connectivity index (χ3n) is 2.02. The molecule has 1 aromatic carbocycles. The van der Waals surface area contributed by atoms with E-state index in [1.807, 2.05) is 24.5 Å². The molecule has 0 nitrogen and oxygen atoms in total. The van der Waals surface area contributed by atoms with Gasteiger partial charge in [0.05, 0.1) is 4.88 Å². The molecule has 0 aliphatic heterocycles. The van der Waals surface area contributed by atoms with Gasteiger partial charge in [-0.15, -0.1) is 23.1 Å². The van der Waals surface area contributed by atoms with Gasteiger partial charge in [0.25, 0.3) is 0 Å². The smallest absolute Gasteiger partial charge is 0.145 e. The molecule has 74 valence electrons. The summed E-state index contributed by atoms with van der Waals surface area (Å²) in [5.74, 6) is -0.0745. The Morgan fingerprint density at radius 1 is 1.50 bits per heavy atom. The Kier molecular flexibility index (Phi) is 3.14. The third kappa shape index (κ3) is 1.71. The van der Waals surface area contributed by atoms with Crippen LogP contribution in [0.5, 0.6) is 0 Å². The van der Waals surface area contributed by atoms with Crippen molar-refractivity contribution in [2.45, 2.75) is 10.2 Å². The van der Waals surface area contributed by atoms with E-state index in [4.69, 9.17) is 0 Å². The van der Waals surface area contributed by atoms with Crippen molar-refractivity contribution in [2.75, 3.05) is 6.26 Å². The topological polar surface area (TPSA) is 0 Å². The third-order valence-corrected chi connectivity index (χ3v) is 4.81. The fraction of sp³-hybridized carbons (Fsp3) is 0.200. The molecule has 0 radical (unpaired) electrons. The Labute approximate surface area is 98.6 Å². The SMILES string of the molecule is CSc1ccc2c(F)c(CBr)sc2c1. The maximum Gasteiger partial charge on any atom is 0.145 e. The summed E-state index contributed by atoms with van der Waals surface area (Å²) in [4.78, 5) is 1.96. The summed E-state index contributed by atoms with van der Waals surface area (Å²) < 4.78 is 14.7. The van der Waals surface area contributed by atoms with E-state index < -0.39 is 0 Å². The minimum atomic E-state index is -0.0745. The highest BCUT2D eigenvalue weighted by atomic mass is 79.9. The average Bonchev–Trinajstić information content (AvgIpc) is 2.55. The maximum absolute atomic E-state index is 13.6. The van der Waals surface area contributed by atoms with Crippen LogP contribution in [0.15, 0.2) is 23.1 Å². The van der Waals surface area contributed by atoms with Crippen LogP contribution in [0.2, 0.25) is 0 Å². The van der Waals surface area contributed by atoms with E-state index in [1.165, 1.54) is 16.2 Å². The van der Waals surface area contributed by atoms with Gasteiger partial charge in [-0.25, -0.2) is 4.39 Å². The lowest BCUT2D eigenvalue weighted by Gasteiger charge is -1.94. The van der Waals surface area contributed by atoms with Crippen molar-refractivity contribution in [3.63, 3.8) is 0 Å². The summed E-state index contributed by atoms with van der Waals surface area (Å²) >= 11 is 6.48. The quantitative estimate of drug-likeness (QED) is 0.573. The molecule has 0 saturated heterocycles. The molecular weight excluding hydrogens is 283 g/mol. The molecule has 14 heavy (non-hydrogen) atoms. The summed E-state index contributed by atoms with van der Waals surface area (Å²) in [5, 5.41) is 1.33. The van der Waals surface area contributed by atoms with Crippen LogP contribution >= 0.6 is 39.0 Å². The van der Waals surface area contributed by atoms with Crippen LogP contribution in [-0.2, 0) is 5.33 Å². The summed E-state index contributed by atoms with van der Waals surface area (Å²) in [6.07, 6.45) is 2.02. The van der Waals surface area contributed by atoms with Crippen LogP contribution in [-0.4, -0.2) is 6.26 Å². The molecule has 2 aromatic rings. The fourth-order valence-corrected chi connectivity index (χ4v) is 3.39. The number of thioether (sulfide) groups is 1. The molecule has 0 aliphatic rings. The first-order valence-electron chi connectivity index (χ1n) is 4.07. The molecule has 0 bridgehead atoms. The lowest BCUT2D eigenvalue weighted by Crippen LogP contribution is -1.75. The van der Waals surface area contributed by atoms with Crippen LogP contribution in [0.1, 0.15) is 4.88 Å². The minimum absolute atomic E-state index is 0.0745. The van der Waals surface area contributed by atoms with E-state index in [2.05, 4.69) is 15.9 Å². The molecule has 1 heterocycles. The molecule has 0 unspecified atom stereocenters. The van der Waals surface area contributed by atoms with Crippen molar-refractivity contribution < 1.29 is 4.39 Å². The average molecular weight is 291 g/mol. The zero-order valence-corrected chi connectivity index (χ0v) is 10.7. The Morgan fingerprint density at radius 3 is 2.93 bits per heavy atom. The van der Waals surface area contributed by atoms with Crippen LogP contribution < -0.4 is 0 Å². The highest BCUT2D eigenvalue weighted by molar-refractivity contribution is 9.08. The van der Waals surface area contributed by atoms with E-state index in [0.717, 1.165) is 15.0 Å². The number of hydrogen-bond acceptors (Lipinski definition) is 2.